The highest BCUT2D eigenvalue weighted by molar-refractivity contribution is 7.89. The smallest absolute Gasteiger partial charge is 0.246 e. The normalized spacial score (nSPS) is 17.7. The lowest BCUT2D eigenvalue weighted by molar-refractivity contribution is 0.170. The molecule has 1 fully saturated rings. The second kappa shape index (κ2) is 6.46. The predicted octanol–water partition coefficient (Wildman–Crippen LogP) is 1.31. The second-order valence-electron chi connectivity index (χ2n) is 5.72. The molecule has 0 aliphatic carbocycles. The first kappa shape index (κ1) is 16.2. The predicted molar refractivity (Wildman–Crippen MR) is 85.4 cm³/mol. The molecule has 1 aliphatic heterocycles. The highest BCUT2D eigenvalue weighted by Gasteiger charge is 2.29. The standard InChI is InChI=1S/C15H22N4O3S/c1-3-18-12-15(10-16-18)23(20,21)19-8-6-17(7-9-19)11-14-5-4-13(2)22-14/h4-5,10,12H,3,6-9,11H2,1-2H3. The minimum atomic E-state index is -3.44. The zero-order valence-electron chi connectivity index (χ0n) is 13.5. The number of hydrogen-bond acceptors (Lipinski definition) is 5. The summed E-state index contributed by atoms with van der Waals surface area (Å²) in [5.41, 5.74) is 0. The summed E-state index contributed by atoms with van der Waals surface area (Å²) in [7, 11) is -3.44. The molecule has 1 saturated heterocycles. The molecule has 7 nitrogen and oxygen atoms in total. The Hall–Kier alpha value is -1.64. The number of nitrogens with zero attached hydrogens (tertiary/aromatic N) is 4. The summed E-state index contributed by atoms with van der Waals surface area (Å²) in [5, 5.41) is 4.06. The zero-order valence-corrected chi connectivity index (χ0v) is 14.3. The summed E-state index contributed by atoms with van der Waals surface area (Å²) in [6, 6.07) is 3.92. The largest absolute Gasteiger partial charge is 0.465 e. The van der Waals surface area contributed by atoms with Crippen molar-refractivity contribution in [2.24, 2.45) is 0 Å². The SMILES string of the molecule is CCn1cc(S(=O)(=O)N2CCN(Cc3ccc(C)o3)CC2)cn1. The van der Waals surface area contributed by atoms with Crippen LogP contribution in [0.15, 0.2) is 33.8 Å². The summed E-state index contributed by atoms with van der Waals surface area (Å²) in [4.78, 5) is 2.48. The first-order valence-corrected chi connectivity index (χ1v) is 9.23. The highest BCUT2D eigenvalue weighted by Crippen LogP contribution is 2.18. The van der Waals surface area contributed by atoms with Gasteiger partial charge in [-0.3, -0.25) is 9.58 Å². The van der Waals surface area contributed by atoms with Crippen LogP contribution in [-0.4, -0.2) is 53.6 Å². The molecule has 1 aliphatic rings. The molecule has 0 saturated carbocycles. The fraction of sp³-hybridized carbons (Fsp3) is 0.533. The molecule has 23 heavy (non-hydrogen) atoms. The van der Waals surface area contributed by atoms with Crippen molar-refractivity contribution < 1.29 is 12.8 Å². The minimum Gasteiger partial charge on any atom is -0.465 e. The van der Waals surface area contributed by atoms with Gasteiger partial charge in [0.1, 0.15) is 16.4 Å². The van der Waals surface area contributed by atoms with Gasteiger partial charge in [-0.15, -0.1) is 0 Å². The van der Waals surface area contributed by atoms with E-state index >= 15 is 0 Å². The van der Waals surface area contributed by atoms with Crippen molar-refractivity contribution in [3.63, 3.8) is 0 Å². The quantitative estimate of drug-likeness (QED) is 0.822. The van der Waals surface area contributed by atoms with Crippen molar-refractivity contribution in [3.05, 3.63) is 36.0 Å². The van der Waals surface area contributed by atoms with Crippen LogP contribution in [0.3, 0.4) is 0 Å². The third-order valence-electron chi connectivity index (χ3n) is 4.08. The van der Waals surface area contributed by atoms with Crippen molar-refractivity contribution in [1.29, 1.82) is 0 Å². The van der Waals surface area contributed by atoms with E-state index in [1.165, 1.54) is 10.5 Å². The van der Waals surface area contributed by atoms with Gasteiger partial charge >= 0.3 is 0 Å². The number of furan rings is 1. The molecule has 0 radical (unpaired) electrons. The highest BCUT2D eigenvalue weighted by atomic mass is 32.2. The van der Waals surface area contributed by atoms with Crippen LogP contribution in [0.25, 0.3) is 0 Å². The van der Waals surface area contributed by atoms with E-state index in [4.69, 9.17) is 4.42 Å². The van der Waals surface area contributed by atoms with Gasteiger partial charge in [0, 0.05) is 38.9 Å². The van der Waals surface area contributed by atoms with Crippen LogP contribution in [0.2, 0.25) is 0 Å². The molecule has 2 aromatic rings. The molecule has 0 aromatic carbocycles. The molecule has 0 bridgehead atoms. The lowest BCUT2D eigenvalue weighted by atomic mass is 10.3. The Morgan fingerprint density at radius 2 is 1.96 bits per heavy atom. The number of aryl methyl sites for hydroxylation is 2. The third kappa shape index (κ3) is 3.49. The topological polar surface area (TPSA) is 71.6 Å². The minimum absolute atomic E-state index is 0.273. The van der Waals surface area contributed by atoms with E-state index in [0.29, 0.717) is 32.7 Å². The molecular formula is C15H22N4O3S. The van der Waals surface area contributed by atoms with Gasteiger partial charge < -0.3 is 4.42 Å². The van der Waals surface area contributed by atoms with Crippen LogP contribution in [0.4, 0.5) is 0 Å². The number of aromatic nitrogens is 2. The van der Waals surface area contributed by atoms with Crippen molar-refractivity contribution in [3.8, 4) is 0 Å². The molecule has 0 spiro atoms. The van der Waals surface area contributed by atoms with E-state index in [1.54, 1.807) is 10.9 Å². The van der Waals surface area contributed by atoms with E-state index in [-0.39, 0.29) is 4.90 Å². The average Bonchev–Trinajstić information content (AvgIpc) is 3.17. The maximum atomic E-state index is 12.6. The molecule has 3 heterocycles. The monoisotopic (exact) mass is 338 g/mol. The number of hydrogen-bond donors (Lipinski definition) is 0. The molecule has 0 unspecified atom stereocenters. The maximum absolute atomic E-state index is 12.6. The van der Waals surface area contributed by atoms with Gasteiger partial charge in [-0.05, 0) is 26.0 Å². The Balaban J connectivity index is 1.61. The van der Waals surface area contributed by atoms with Crippen LogP contribution in [-0.2, 0) is 23.1 Å². The van der Waals surface area contributed by atoms with E-state index in [2.05, 4.69) is 10.00 Å². The number of rotatable bonds is 5. The van der Waals surface area contributed by atoms with Crippen molar-refractivity contribution in [1.82, 2.24) is 19.0 Å². The molecular weight excluding hydrogens is 316 g/mol. The van der Waals surface area contributed by atoms with Crippen molar-refractivity contribution in [2.75, 3.05) is 26.2 Å². The summed E-state index contributed by atoms with van der Waals surface area (Å²) in [6.07, 6.45) is 3.02. The van der Waals surface area contributed by atoms with Crippen LogP contribution in [0, 0.1) is 6.92 Å². The molecule has 8 heteroatoms. The Kier molecular flexibility index (Phi) is 4.56. The first-order valence-electron chi connectivity index (χ1n) is 7.79. The van der Waals surface area contributed by atoms with E-state index in [0.717, 1.165) is 18.1 Å². The Morgan fingerprint density at radius 1 is 1.22 bits per heavy atom. The summed E-state index contributed by atoms with van der Waals surface area (Å²) in [6.45, 7) is 7.59. The Labute approximate surface area is 136 Å². The van der Waals surface area contributed by atoms with Gasteiger partial charge in [0.25, 0.3) is 0 Å². The van der Waals surface area contributed by atoms with Gasteiger partial charge in [-0.2, -0.15) is 9.40 Å². The maximum Gasteiger partial charge on any atom is 0.246 e. The van der Waals surface area contributed by atoms with Crippen LogP contribution in [0.5, 0.6) is 0 Å². The Morgan fingerprint density at radius 3 is 2.52 bits per heavy atom. The molecule has 2 aromatic heterocycles. The number of piperazine rings is 1. The second-order valence-corrected chi connectivity index (χ2v) is 7.66. The van der Waals surface area contributed by atoms with Crippen LogP contribution < -0.4 is 0 Å². The average molecular weight is 338 g/mol. The zero-order chi connectivity index (χ0) is 16.4. The first-order chi connectivity index (χ1) is 11.0. The molecule has 0 atom stereocenters. The number of sulfonamides is 1. The van der Waals surface area contributed by atoms with Crippen molar-refractivity contribution in [2.45, 2.75) is 31.8 Å². The molecule has 126 valence electrons. The summed E-state index contributed by atoms with van der Waals surface area (Å²) < 4.78 is 34.0. The van der Waals surface area contributed by atoms with E-state index < -0.39 is 10.0 Å². The van der Waals surface area contributed by atoms with Crippen LogP contribution >= 0.6 is 0 Å². The van der Waals surface area contributed by atoms with Gasteiger partial charge in [0.05, 0.1) is 12.7 Å². The van der Waals surface area contributed by atoms with E-state index in [9.17, 15) is 8.42 Å². The summed E-state index contributed by atoms with van der Waals surface area (Å²) >= 11 is 0. The molecule has 0 amide bonds. The van der Waals surface area contributed by atoms with Gasteiger partial charge in [0.2, 0.25) is 10.0 Å². The summed E-state index contributed by atoms with van der Waals surface area (Å²) in [5.74, 6) is 1.82. The lowest BCUT2D eigenvalue weighted by Gasteiger charge is -2.33. The van der Waals surface area contributed by atoms with Gasteiger partial charge in [-0.25, -0.2) is 8.42 Å². The molecule has 3 rings (SSSR count). The third-order valence-corrected chi connectivity index (χ3v) is 5.93. The lowest BCUT2D eigenvalue weighted by Crippen LogP contribution is -2.48. The fourth-order valence-electron chi connectivity index (χ4n) is 2.72. The van der Waals surface area contributed by atoms with Gasteiger partial charge in [0.15, 0.2) is 0 Å². The van der Waals surface area contributed by atoms with Crippen LogP contribution in [0.1, 0.15) is 18.4 Å². The molecule has 0 N–H and O–H groups in total. The van der Waals surface area contributed by atoms with Crippen molar-refractivity contribution >= 4 is 10.0 Å². The van der Waals surface area contributed by atoms with Gasteiger partial charge in [-0.1, -0.05) is 0 Å². The fourth-order valence-corrected chi connectivity index (χ4v) is 4.10. The van der Waals surface area contributed by atoms with E-state index in [1.807, 2.05) is 26.0 Å². The Bertz CT molecular complexity index is 757.